The van der Waals surface area contributed by atoms with Crippen molar-refractivity contribution in [1.82, 2.24) is 10.3 Å². The molecule has 1 heterocycles. The average Bonchev–Trinajstić information content (AvgIpc) is 2.26. The second-order valence-electron chi connectivity index (χ2n) is 3.72. The Kier molecular flexibility index (Phi) is 5.33. The summed E-state index contributed by atoms with van der Waals surface area (Å²) in [6, 6.07) is 1.24. The minimum atomic E-state index is -4.19. The van der Waals surface area contributed by atoms with Crippen molar-refractivity contribution in [2.75, 3.05) is 13.7 Å². The third-order valence-electron chi connectivity index (χ3n) is 2.10. The third-order valence-corrected chi connectivity index (χ3v) is 2.10. The van der Waals surface area contributed by atoms with Crippen LogP contribution in [0.3, 0.4) is 0 Å². The van der Waals surface area contributed by atoms with Crippen LogP contribution in [0.2, 0.25) is 0 Å². The summed E-state index contributed by atoms with van der Waals surface area (Å²) in [6.07, 6.45) is -4.28. The molecule has 0 unspecified atom stereocenters. The van der Waals surface area contributed by atoms with E-state index in [1.54, 1.807) is 7.05 Å². The molecule has 0 bridgehead atoms. The number of hydrogen-bond donors (Lipinski definition) is 1. The molecule has 0 saturated carbocycles. The number of halogens is 4. The fraction of sp³-hybridized carbons (Fsp3) is 0.545. The molecule has 0 radical (unpaired) electrons. The summed E-state index contributed by atoms with van der Waals surface area (Å²) in [7, 11) is 1.67. The zero-order chi connectivity index (χ0) is 13.6. The van der Waals surface area contributed by atoms with Crippen LogP contribution in [0.4, 0.5) is 17.6 Å². The van der Waals surface area contributed by atoms with Crippen LogP contribution in [0, 0.1) is 5.82 Å². The molecule has 1 aromatic heterocycles. The average molecular weight is 266 g/mol. The topological polar surface area (TPSA) is 34.2 Å². The van der Waals surface area contributed by atoms with Gasteiger partial charge in [0.2, 0.25) is 5.88 Å². The van der Waals surface area contributed by atoms with Crippen molar-refractivity contribution in [3.8, 4) is 5.88 Å². The standard InChI is InChI=1S/C11H14F4N2O/c1-16-6-8-5-9(12)7-17-10(8)18-4-2-3-11(13,14)15/h5,7,16H,2-4,6H2,1H3. The predicted octanol–water partition coefficient (Wildman–Crippen LogP) is 2.66. The zero-order valence-electron chi connectivity index (χ0n) is 9.85. The number of hydrogen-bond acceptors (Lipinski definition) is 3. The summed E-state index contributed by atoms with van der Waals surface area (Å²) in [4.78, 5) is 3.71. The van der Waals surface area contributed by atoms with Crippen LogP contribution in [0.25, 0.3) is 0 Å². The Labute approximate surface area is 102 Å². The lowest BCUT2D eigenvalue weighted by Crippen LogP contribution is -2.12. The molecule has 3 nitrogen and oxygen atoms in total. The van der Waals surface area contributed by atoms with E-state index in [0.29, 0.717) is 12.1 Å². The van der Waals surface area contributed by atoms with Crippen LogP contribution < -0.4 is 10.1 Å². The molecule has 7 heteroatoms. The van der Waals surface area contributed by atoms with Crippen molar-refractivity contribution in [3.05, 3.63) is 23.6 Å². The van der Waals surface area contributed by atoms with Gasteiger partial charge in [-0.25, -0.2) is 9.37 Å². The summed E-state index contributed by atoms with van der Waals surface area (Å²) in [5, 5.41) is 2.80. The first-order chi connectivity index (χ1) is 8.42. The van der Waals surface area contributed by atoms with Crippen LogP contribution >= 0.6 is 0 Å². The molecule has 0 atom stereocenters. The van der Waals surface area contributed by atoms with Crippen LogP contribution in [-0.2, 0) is 6.54 Å². The van der Waals surface area contributed by atoms with Gasteiger partial charge < -0.3 is 10.1 Å². The van der Waals surface area contributed by atoms with Gasteiger partial charge in [0, 0.05) is 18.5 Å². The minimum Gasteiger partial charge on any atom is -0.477 e. The summed E-state index contributed by atoms with van der Waals surface area (Å²) >= 11 is 0. The molecule has 18 heavy (non-hydrogen) atoms. The van der Waals surface area contributed by atoms with E-state index in [1.807, 2.05) is 0 Å². The maximum absolute atomic E-state index is 12.9. The van der Waals surface area contributed by atoms with Crippen molar-refractivity contribution in [3.63, 3.8) is 0 Å². The van der Waals surface area contributed by atoms with Gasteiger partial charge >= 0.3 is 6.18 Å². The molecule has 0 fully saturated rings. The molecule has 1 rings (SSSR count). The number of nitrogens with zero attached hydrogens (tertiary/aromatic N) is 1. The third kappa shape index (κ3) is 5.31. The number of ether oxygens (including phenoxy) is 1. The fourth-order valence-electron chi connectivity index (χ4n) is 1.36. The Morgan fingerprint density at radius 3 is 2.72 bits per heavy atom. The van der Waals surface area contributed by atoms with E-state index in [-0.39, 0.29) is 18.9 Å². The lowest BCUT2D eigenvalue weighted by molar-refractivity contribution is -0.136. The predicted molar refractivity (Wildman–Crippen MR) is 57.7 cm³/mol. The number of rotatable bonds is 6. The van der Waals surface area contributed by atoms with Gasteiger partial charge in [-0.2, -0.15) is 13.2 Å². The fourth-order valence-corrected chi connectivity index (χ4v) is 1.36. The Balaban J connectivity index is 2.51. The molecule has 0 saturated heterocycles. The van der Waals surface area contributed by atoms with Gasteiger partial charge in [-0.15, -0.1) is 0 Å². The van der Waals surface area contributed by atoms with E-state index in [2.05, 4.69) is 10.3 Å². The Hall–Kier alpha value is -1.37. The lowest BCUT2D eigenvalue weighted by Gasteiger charge is -2.11. The maximum atomic E-state index is 12.9. The number of aromatic nitrogens is 1. The van der Waals surface area contributed by atoms with E-state index < -0.39 is 18.4 Å². The van der Waals surface area contributed by atoms with Gasteiger partial charge in [-0.1, -0.05) is 0 Å². The highest BCUT2D eigenvalue weighted by molar-refractivity contribution is 5.25. The van der Waals surface area contributed by atoms with E-state index in [9.17, 15) is 17.6 Å². The lowest BCUT2D eigenvalue weighted by atomic mass is 10.2. The van der Waals surface area contributed by atoms with E-state index in [1.165, 1.54) is 6.07 Å². The Morgan fingerprint density at radius 1 is 1.39 bits per heavy atom. The molecule has 0 spiro atoms. The van der Waals surface area contributed by atoms with Gasteiger partial charge in [0.1, 0.15) is 5.82 Å². The van der Waals surface area contributed by atoms with Gasteiger partial charge in [0.15, 0.2) is 0 Å². The first kappa shape index (κ1) is 14.7. The molecular weight excluding hydrogens is 252 g/mol. The SMILES string of the molecule is CNCc1cc(F)cnc1OCCCC(F)(F)F. The molecule has 0 aliphatic carbocycles. The molecule has 0 aliphatic rings. The van der Waals surface area contributed by atoms with Gasteiger partial charge in [-0.05, 0) is 19.5 Å². The smallest absolute Gasteiger partial charge is 0.389 e. The van der Waals surface area contributed by atoms with E-state index in [0.717, 1.165) is 6.20 Å². The normalized spacial score (nSPS) is 11.6. The highest BCUT2D eigenvalue weighted by Gasteiger charge is 2.26. The zero-order valence-corrected chi connectivity index (χ0v) is 9.85. The van der Waals surface area contributed by atoms with Crippen LogP contribution in [-0.4, -0.2) is 24.8 Å². The molecule has 0 aliphatic heterocycles. The largest absolute Gasteiger partial charge is 0.477 e. The number of nitrogens with one attached hydrogen (secondary N) is 1. The quantitative estimate of drug-likeness (QED) is 0.635. The van der Waals surface area contributed by atoms with Gasteiger partial charge in [0.05, 0.1) is 12.8 Å². The highest BCUT2D eigenvalue weighted by atomic mass is 19.4. The second-order valence-corrected chi connectivity index (χ2v) is 3.72. The van der Waals surface area contributed by atoms with Crippen molar-refractivity contribution < 1.29 is 22.3 Å². The summed E-state index contributed by atoms with van der Waals surface area (Å²) in [5.74, 6) is -0.351. The Bertz CT molecular complexity index is 382. The molecule has 102 valence electrons. The van der Waals surface area contributed by atoms with Gasteiger partial charge in [0.25, 0.3) is 0 Å². The maximum Gasteiger partial charge on any atom is 0.389 e. The molecule has 0 aromatic carbocycles. The second kappa shape index (κ2) is 6.53. The minimum absolute atomic E-state index is 0.102. The van der Waals surface area contributed by atoms with Crippen molar-refractivity contribution in [2.24, 2.45) is 0 Å². The van der Waals surface area contributed by atoms with E-state index in [4.69, 9.17) is 4.74 Å². The summed E-state index contributed by atoms with van der Waals surface area (Å²) in [6.45, 7) is 0.230. The monoisotopic (exact) mass is 266 g/mol. The Morgan fingerprint density at radius 2 is 2.11 bits per heavy atom. The number of pyridine rings is 1. The molecule has 1 N–H and O–H groups in total. The van der Waals surface area contributed by atoms with Gasteiger partial charge in [-0.3, -0.25) is 0 Å². The molecular formula is C11H14F4N2O. The van der Waals surface area contributed by atoms with E-state index >= 15 is 0 Å². The van der Waals surface area contributed by atoms with Crippen LogP contribution in [0.1, 0.15) is 18.4 Å². The molecule has 0 amide bonds. The summed E-state index contributed by atoms with van der Waals surface area (Å²) in [5.41, 5.74) is 0.476. The number of alkyl halides is 3. The summed E-state index contributed by atoms with van der Waals surface area (Å²) < 4.78 is 53.8. The van der Waals surface area contributed by atoms with Crippen molar-refractivity contribution in [1.29, 1.82) is 0 Å². The first-order valence-electron chi connectivity index (χ1n) is 5.41. The first-order valence-corrected chi connectivity index (χ1v) is 5.41. The van der Waals surface area contributed by atoms with Crippen molar-refractivity contribution in [2.45, 2.75) is 25.6 Å². The highest BCUT2D eigenvalue weighted by Crippen LogP contribution is 2.22. The molecule has 1 aromatic rings. The van der Waals surface area contributed by atoms with Crippen LogP contribution in [0.15, 0.2) is 12.3 Å². The van der Waals surface area contributed by atoms with Crippen molar-refractivity contribution >= 4 is 0 Å². The van der Waals surface area contributed by atoms with Crippen LogP contribution in [0.5, 0.6) is 5.88 Å².